The molecule has 0 aliphatic carbocycles. The molecule has 10 nitrogen and oxygen atoms in total. The number of carboxylic acid groups (broad SMARTS) is 1. The first-order chi connectivity index (χ1) is 24.5. The quantitative estimate of drug-likeness (QED) is 0.147. The minimum Gasteiger partial charge on any atom is -0.480 e. The van der Waals surface area contributed by atoms with Crippen molar-refractivity contribution in [2.75, 3.05) is 31.1 Å². The first kappa shape index (κ1) is 41.1. The fraction of sp³-hybridized carbons (Fsp3) is 0.529. The zero-order valence-corrected chi connectivity index (χ0v) is 33.8. The third-order valence-corrected chi connectivity index (χ3v) is 16.8. The van der Waals surface area contributed by atoms with Crippen LogP contribution >= 0.6 is 43.2 Å². The molecular formula is C34H41Br2F3N4O6S3. The summed E-state index contributed by atoms with van der Waals surface area (Å²) in [4.78, 5) is 16.6. The number of hydrogen-bond acceptors (Lipinski definition) is 8. The van der Waals surface area contributed by atoms with E-state index in [0.29, 0.717) is 66.7 Å². The van der Waals surface area contributed by atoms with Gasteiger partial charge in [0.2, 0.25) is 10.0 Å². The Balaban J connectivity index is 1.07. The summed E-state index contributed by atoms with van der Waals surface area (Å²) in [5, 5.41) is 9.62. The Labute approximate surface area is 323 Å². The van der Waals surface area contributed by atoms with Crippen LogP contribution in [0.25, 0.3) is 0 Å². The van der Waals surface area contributed by atoms with Gasteiger partial charge < -0.3 is 10.0 Å². The van der Waals surface area contributed by atoms with Crippen molar-refractivity contribution in [2.45, 2.75) is 85.5 Å². The molecule has 2 N–H and O–H groups in total. The maximum atomic E-state index is 14.2. The van der Waals surface area contributed by atoms with Crippen LogP contribution in [0, 0.1) is 11.8 Å². The number of benzene rings is 1. The highest BCUT2D eigenvalue weighted by atomic mass is 79.9. The van der Waals surface area contributed by atoms with Crippen LogP contribution in [0.15, 0.2) is 66.0 Å². The molecule has 0 saturated carbocycles. The minimum absolute atomic E-state index is 0.191. The van der Waals surface area contributed by atoms with Gasteiger partial charge in [-0.1, -0.05) is 62.4 Å². The Bertz CT molecular complexity index is 1880. The van der Waals surface area contributed by atoms with Crippen LogP contribution in [0.5, 0.6) is 0 Å². The van der Waals surface area contributed by atoms with E-state index in [1.54, 1.807) is 45.6 Å². The molecule has 0 bridgehead atoms. The third-order valence-electron chi connectivity index (χ3n) is 9.76. The van der Waals surface area contributed by atoms with Crippen LogP contribution in [0.2, 0.25) is 0 Å². The number of nitrogens with one attached hydrogen (secondary N) is 1. The Morgan fingerprint density at radius 3 is 2.08 bits per heavy atom. The summed E-state index contributed by atoms with van der Waals surface area (Å²) in [6.07, 6.45) is 3.91. The van der Waals surface area contributed by atoms with E-state index >= 15 is 0 Å². The molecule has 1 atom stereocenters. The molecule has 286 valence electrons. The number of pyridine rings is 1. The number of carbonyl (C=O) groups is 1. The summed E-state index contributed by atoms with van der Waals surface area (Å²) < 4.78 is 100. The maximum absolute atomic E-state index is 14.2. The SMILES string of the molecule is O=C(O)C(Cc1ccccc1)NS(=O)(=O)c1cnc(N2CCC(CCCCCC3CCN(S(=O)(=O)c4cc(Br)c(Br)s4)CC3)CC2)c(C(F)(F)F)c1. The van der Waals surface area contributed by atoms with Crippen LogP contribution in [-0.4, -0.2) is 69.4 Å². The van der Waals surface area contributed by atoms with E-state index in [0.717, 1.165) is 59.4 Å². The molecule has 0 spiro atoms. The number of aromatic nitrogens is 1. The second-order valence-corrected chi connectivity index (χ2v) is 20.4. The summed E-state index contributed by atoms with van der Waals surface area (Å²) in [7, 11) is -8.15. The molecule has 2 saturated heterocycles. The normalized spacial score (nSPS) is 17.8. The molecule has 18 heteroatoms. The number of aliphatic carboxylic acids is 1. The Morgan fingerprint density at radius 2 is 1.54 bits per heavy atom. The van der Waals surface area contributed by atoms with E-state index in [1.807, 2.05) is 4.72 Å². The largest absolute Gasteiger partial charge is 0.480 e. The van der Waals surface area contributed by atoms with Crippen LogP contribution in [0.3, 0.4) is 0 Å². The number of sulfonamides is 2. The first-order valence-electron chi connectivity index (χ1n) is 17.1. The van der Waals surface area contributed by atoms with Gasteiger partial charge in [-0.15, -0.1) is 11.3 Å². The summed E-state index contributed by atoms with van der Waals surface area (Å²) in [5.74, 6) is -0.951. The molecule has 4 heterocycles. The van der Waals surface area contributed by atoms with Crippen LogP contribution in [-0.2, 0) is 37.4 Å². The van der Waals surface area contributed by atoms with Crippen molar-refractivity contribution in [2.24, 2.45) is 11.8 Å². The molecule has 2 aliphatic heterocycles. The van der Waals surface area contributed by atoms with Gasteiger partial charge in [0.1, 0.15) is 21.0 Å². The number of anilines is 1. The van der Waals surface area contributed by atoms with Gasteiger partial charge in [-0.25, -0.2) is 21.8 Å². The van der Waals surface area contributed by atoms with Gasteiger partial charge in [0.25, 0.3) is 10.0 Å². The van der Waals surface area contributed by atoms with Crippen LogP contribution < -0.4 is 9.62 Å². The van der Waals surface area contributed by atoms with E-state index in [-0.39, 0.29) is 12.2 Å². The number of rotatable bonds is 15. The molecule has 2 aromatic heterocycles. The lowest BCUT2D eigenvalue weighted by atomic mass is 9.89. The molecule has 0 amide bonds. The number of nitrogens with zero attached hydrogens (tertiary/aromatic N) is 3. The summed E-state index contributed by atoms with van der Waals surface area (Å²) >= 11 is 7.93. The highest BCUT2D eigenvalue weighted by Crippen LogP contribution is 2.39. The highest BCUT2D eigenvalue weighted by Gasteiger charge is 2.39. The zero-order valence-electron chi connectivity index (χ0n) is 28.2. The van der Waals surface area contributed by atoms with E-state index in [2.05, 4.69) is 36.8 Å². The number of piperidine rings is 2. The topological polar surface area (TPSA) is 137 Å². The van der Waals surface area contributed by atoms with Crippen molar-refractivity contribution in [1.82, 2.24) is 14.0 Å². The van der Waals surface area contributed by atoms with Crippen molar-refractivity contribution in [1.29, 1.82) is 0 Å². The lowest BCUT2D eigenvalue weighted by Gasteiger charge is -2.34. The van der Waals surface area contributed by atoms with Gasteiger partial charge >= 0.3 is 12.1 Å². The maximum Gasteiger partial charge on any atom is 0.420 e. The predicted octanol–water partition coefficient (Wildman–Crippen LogP) is 7.93. The van der Waals surface area contributed by atoms with Crippen LogP contribution in [0.1, 0.15) is 68.9 Å². The predicted molar refractivity (Wildman–Crippen MR) is 200 cm³/mol. The molecule has 1 unspecified atom stereocenters. The molecule has 0 radical (unpaired) electrons. The molecular weight excluding hydrogens is 873 g/mol. The molecule has 52 heavy (non-hydrogen) atoms. The lowest BCUT2D eigenvalue weighted by Crippen LogP contribution is -2.42. The Hall–Kier alpha value is -2.09. The number of halogens is 5. The Kier molecular flexibility index (Phi) is 13.9. The van der Waals surface area contributed by atoms with E-state index in [9.17, 15) is 39.9 Å². The average Bonchev–Trinajstić information content (AvgIpc) is 3.46. The summed E-state index contributed by atoms with van der Waals surface area (Å²) in [5.41, 5.74) is -0.633. The van der Waals surface area contributed by atoms with Gasteiger partial charge in [0.15, 0.2) is 0 Å². The van der Waals surface area contributed by atoms with Crippen molar-refractivity contribution < 1.29 is 39.9 Å². The highest BCUT2D eigenvalue weighted by molar-refractivity contribution is 9.13. The van der Waals surface area contributed by atoms with Crippen molar-refractivity contribution in [3.8, 4) is 0 Å². The summed E-state index contributed by atoms with van der Waals surface area (Å²) in [6.45, 7) is 1.73. The zero-order chi connectivity index (χ0) is 37.7. The second kappa shape index (κ2) is 17.6. The van der Waals surface area contributed by atoms with E-state index in [1.165, 1.54) is 11.3 Å². The van der Waals surface area contributed by atoms with Gasteiger partial charge in [-0.05, 0) is 93.5 Å². The second-order valence-electron chi connectivity index (χ2n) is 13.3. The van der Waals surface area contributed by atoms with Crippen molar-refractivity contribution >= 4 is 75.0 Å². The van der Waals surface area contributed by atoms with E-state index in [4.69, 9.17) is 0 Å². The smallest absolute Gasteiger partial charge is 0.420 e. The monoisotopic (exact) mass is 912 g/mol. The number of carboxylic acids is 1. The van der Waals surface area contributed by atoms with Gasteiger partial charge in [0.05, 0.1) is 9.35 Å². The van der Waals surface area contributed by atoms with E-state index < -0.39 is 48.7 Å². The van der Waals surface area contributed by atoms with Crippen LogP contribution in [0.4, 0.5) is 19.0 Å². The lowest BCUT2D eigenvalue weighted by molar-refractivity contribution is -0.139. The molecule has 1 aromatic carbocycles. The first-order valence-corrected chi connectivity index (χ1v) is 22.4. The van der Waals surface area contributed by atoms with Crippen molar-refractivity contribution in [3.63, 3.8) is 0 Å². The molecule has 2 fully saturated rings. The molecule has 2 aliphatic rings. The number of thiophene rings is 1. The summed E-state index contributed by atoms with van der Waals surface area (Å²) in [6, 6.07) is 8.89. The number of alkyl halides is 3. The fourth-order valence-electron chi connectivity index (χ4n) is 6.83. The molecule has 3 aromatic rings. The van der Waals surface area contributed by atoms with Gasteiger partial charge in [0, 0.05) is 36.8 Å². The minimum atomic E-state index is -4.88. The van der Waals surface area contributed by atoms with Gasteiger partial charge in [-0.3, -0.25) is 4.79 Å². The third kappa shape index (κ3) is 10.6. The number of unbranched alkanes of at least 4 members (excludes halogenated alkanes) is 2. The standard InChI is InChI=1S/C34H41Br2F3N4O6S3/c35-28-21-30(50-31(28)36)52(48,49)43-17-13-24(14-18-43)8-4-1-3-7-23-11-15-42(16-12-23)32-27(34(37,38)39)20-26(22-40-32)51(46,47)41-29(33(44)45)19-25-9-5-2-6-10-25/h2,5-6,9-10,20-24,29,41H,1,3-4,7-8,11-19H2,(H,44,45). The number of hydrogen-bond donors (Lipinski definition) is 2. The average molecular weight is 915 g/mol. The van der Waals surface area contributed by atoms with Crippen molar-refractivity contribution in [3.05, 3.63) is 68.0 Å². The van der Waals surface area contributed by atoms with Gasteiger partial charge in [-0.2, -0.15) is 22.2 Å². The fourth-order valence-corrected chi connectivity index (χ4v) is 12.4. The molecule has 5 rings (SSSR count). The Morgan fingerprint density at radius 1 is 0.942 bits per heavy atom.